The summed E-state index contributed by atoms with van der Waals surface area (Å²) in [5, 5.41) is 11.1. The quantitative estimate of drug-likeness (QED) is 0.717. The summed E-state index contributed by atoms with van der Waals surface area (Å²) in [5.74, 6) is -0.326. The van der Waals surface area contributed by atoms with Gasteiger partial charge in [0.05, 0.1) is 18.2 Å². The van der Waals surface area contributed by atoms with Crippen molar-refractivity contribution in [3.63, 3.8) is 0 Å². The molecule has 5 heteroatoms. The SMILES string of the molecule is N#Cc1ccc(N2CC(=O)NCC2=O)cc1. The average Bonchev–Trinajstić information content (AvgIpc) is 2.32. The summed E-state index contributed by atoms with van der Waals surface area (Å²) >= 11 is 0. The number of nitrogens with one attached hydrogen (secondary N) is 1. The van der Waals surface area contributed by atoms with E-state index in [2.05, 4.69) is 5.32 Å². The zero-order chi connectivity index (χ0) is 11.5. The van der Waals surface area contributed by atoms with Gasteiger partial charge in [0.1, 0.15) is 6.54 Å². The van der Waals surface area contributed by atoms with E-state index in [0.717, 1.165) is 0 Å². The molecule has 5 nitrogen and oxygen atoms in total. The lowest BCUT2D eigenvalue weighted by Gasteiger charge is -2.26. The number of carbonyl (C=O) groups excluding carboxylic acids is 2. The molecular formula is C11H9N3O2. The molecule has 0 saturated carbocycles. The Morgan fingerprint density at radius 2 is 1.94 bits per heavy atom. The van der Waals surface area contributed by atoms with E-state index in [4.69, 9.17) is 5.26 Å². The van der Waals surface area contributed by atoms with E-state index in [-0.39, 0.29) is 24.9 Å². The number of hydrogen-bond donors (Lipinski definition) is 1. The van der Waals surface area contributed by atoms with Crippen LogP contribution in [-0.2, 0) is 9.59 Å². The van der Waals surface area contributed by atoms with Crippen LogP contribution in [0.1, 0.15) is 5.56 Å². The van der Waals surface area contributed by atoms with Crippen LogP contribution < -0.4 is 10.2 Å². The number of amides is 2. The predicted molar refractivity (Wildman–Crippen MR) is 56.5 cm³/mol. The summed E-state index contributed by atoms with van der Waals surface area (Å²) in [6.07, 6.45) is 0. The maximum absolute atomic E-state index is 11.5. The standard InChI is InChI=1S/C11H9N3O2/c12-5-8-1-3-9(4-2-8)14-7-10(15)13-6-11(14)16/h1-4H,6-7H2,(H,13,15). The van der Waals surface area contributed by atoms with Crippen LogP contribution in [0.15, 0.2) is 24.3 Å². The normalized spacial score (nSPS) is 15.6. The lowest BCUT2D eigenvalue weighted by Crippen LogP contribution is -2.51. The van der Waals surface area contributed by atoms with Gasteiger partial charge in [-0.3, -0.25) is 9.59 Å². The van der Waals surface area contributed by atoms with E-state index in [1.165, 1.54) is 4.90 Å². The fourth-order valence-electron chi connectivity index (χ4n) is 1.51. The van der Waals surface area contributed by atoms with E-state index < -0.39 is 0 Å². The number of nitriles is 1. The van der Waals surface area contributed by atoms with Crippen molar-refractivity contribution in [2.75, 3.05) is 18.0 Å². The largest absolute Gasteiger partial charge is 0.345 e. The summed E-state index contributed by atoms with van der Waals surface area (Å²) in [5.41, 5.74) is 1.16. The molecule has 0 radical (unpaired) electrons. The van der Waals surface area contributed by atoms with Gasteiger partial charge in [-0.05, 0) is 24.3 Å². The molecule has 0 atom stereocenters. The molecule has 1 fully saturated rings. The van der Waals surface area contributed by atoms with E-state index in [1.54, 1.807) is 24.3 Å². The number of anilines is 1. The molecule has 0 unspecified atom stereocenters. The zero-order valence-corrected chi connectivity index (χ0v) is 8.43. The van der Waals surface area contributed by atoms with Gasteiger partial charge in [0.15, 0.2) is 0 Å². The van der Waals surface area contributed by atoms with Gasteiger partial charge in [-0.2, -0.15) is 5.26 Å². The molecule has 1 saturated heterocycles. The molecule has 1 heterocycles. The van der Waals surface area contributed by atoms with Crippen molar-refractivity contribution in [2.45, 2.75) is 0 Å². The summed E-state index contributed by atoms with van der Waals surface area (Å²) in [7, 11) is 0. The molecule has 80 valence electrons. The maximum atomic E-state index is 11.5. The molecular weight excluding hydrogens is 206 g/mol. The van der Waals surface area contributed by atoms with Crippen LogP contribution in [-0.4, -0.2) is 24.9 Å². The monoisotopic (exact) mass is 215 g/mol. The minimum Gasteiger partial charge on any atom is -0.345 e. The van der Waals surface area contributed by atoms with Crippen molar-refractivity contribution in [3.8, 4) is 6.07 Å². The second-order valence-electron chi connectivity index (χ2n) is 3.42. The van der Waals surface area contributed by atoms with Gasteiger partial charge in [-0.15, -0.1) is 0 Å². The number of nitrogens with zero attached hydrogens (tertiary/aromatic N) is 2. The van der Waals surface area contributed by atoms with Crippen molar-refractivity contribution in [1.29, 1.82) is 5.26 Å². The Morgan fingerprint density at radius 3 is 2.56 bits per heavy atom. The minimum absolute atomic E-state index is 0.0266. The summed E-state index contributed by atoms with van der Waals surface area (Å²) < 4.78 is 0. The fourth-order valence-corrected chi connectivity index (χ4v) is 1.51. The molecule has 0 spiro atoms. The van der Waals surface area contributed by atoms with Gasteiger partial charge >= 0.3 is 0 Å². The van der Waals surface area contributed by atoms with Crippen molar-refractivity contribution in [3.05, 3.63) is 29.8 Å². The third-order valence-electron chi connectivity index (χ3n) is 2.35. The molecule has 1 N–H and O–H groups in total. The Bertz CT molecular complexity index is 473. The first kappa shape index (κ1) is 10.2. The molecule has 16 heavy (non-hydrogen) atoms. The second kappa shape index (κ2) is 4.03. The molecule has 1 aliphatic heterocycles. The van der Waals surface area contributed by atoms with E-state index >= 15 is 0 Å². The summed E-state index contributed by atoms with van der Waals surface area (Å²) in [4.78, 5) is 24.1. The minimum atomic E-state index is -0.177. The number of rotatable bonds is 1. The first-order valence-corrected chi connectivity index (χ1v) is 4.78. The second-order valence-corrected chi connectivity index (χ2v) is 3.42. The topological polar surface area (TPSA) is 73.2 Å². The summed E-state index contributed by atoms with van der Waals surface area (Å²) in [6.45, 7) is 0.0591. The van der Waals surface area contributed by atoms with E-state index in [1.807, 2.05) is 6.07 Å². The molecule has 1 aromatic rings. The van der Waals surface area contributed by atoms with Crippen LogP contribution in [0.5, 0.6) is 0 Å². The van der Waals surface area contributed by atoms with Crippen molar-refractivity contribution in [1.82, 2.24) is 5.32 Å². The van der Waals surface area contributed by atoms with Gasteiger partial charge in [0.2, 0.25) is 11.8 Å². The van der Waals surface area contributed by atoms with Crippen molar-refractivity contribution < 1.29 is 9.59 Å². The first-order chi connectivity index (χ1) is 7.70. The zero-order valence-electron chi connectivity index (χ0n) is 8.43. The van der Waals surface area contributed by atoms with Crippen molar-refractivity contribution in [2.24, 2.45) is 0 Å². The number of benzene rings is 1. The predicted octanol–water partition coefficient (Wildman–Crippen LogP) is 0.0211. The van der Waals surface area contributed by atoms with Gasteiger partial charge in [0, 0.05) is 5.69 Å². The average molecular weight is 215 g/mol. The van der Waals surface area contributed by atoms with E-state index in [0.29, 0.717) is 11.3 Å². The van der Waals surface area contributed by atoms with Crippen LogP contribution in [0.2, 0.25) is 0 Å². The third kappa shape index (κ3) is 1.86. The highest BCUT2D eigenvalue weighted by atomic mass is 16.2. The van der Waals surface area contributed by atoms with Gasteiger partial charge in [-0.25, -0.2) is 0 Å². The van der Waals surface area contributed by atoms with Crippen LogP contribution in [0.4, 0.5) is 5.69 Å². The molecule has 0 aliphatic carbocycles. The highest BCUT2D eigenvalue weighted by Crippen LogP contribution is 2.16. The Balaban J connectivity index is 2.25. The Labute approximate surface area is 92.3 Å². The van der Waals surface area contributed by atoms with Gasteiger partial charge < -0.3 is 10.2 Å². The Morgan fingerprint density at radius 1 is 1.25 bits per heavy atom. The van der Waals surface area contributed by atoms with E-state index in [9.17, 15) is 9.59 Å². The van der Waals surface area contributed by atoms with Crippen LogP contribution in [0.3, 0.4) is 0 Å². The van der Waals surface area contributed by atoms with Crippen LogP contribution in [0.25, 0.3) is 0 Å². The lowest BCUT2D eigenvalue weighted by molar-refractivity contribution is -0.128. The fraction of sp³-hybridized carbons (Fsp3) is 0.182. The molecule has 0 bridgehead atoms. The van der Waals surface area contributed by atoms with Gasteiger partial charge in [0.25, 0.3) is 0 Å². The first-order valence-electron chi connectivity index (χ1n) is 4.78. The Hall–Kier alpha value is -2.35. The molecule has 2 rings (SSSR count). The molecule has 2 amide bonds. The molecule has 1 aromatic carbocycles. The lowest BCUT2D eigenvalue weighted by atomic mass is 10.2. The highest BCUT2D eigenvalue weighted by molar-refractivity contribution is 6.04. The number of piperazine rings is 1. The number of hydrogen-bond acceptors (Lipinski definition) is 3. The van der Waals surface area contributed by atoms with Gasteiger partial charge in [-0.1, -0.05) is 0 Å². The smallest absolute Gasteiger partial charge is 0.246 e. The summed E-state index contributed by atoms with van der Waals surface area (Å²) in [6, 6.07) is 8.56. The van der Waals surface area contributed by atoms with Crippen molar-refractivity contribution >= 4 is 17.5 Å². The third-order valence-corrected chi connectivity index (χ3v) is 2.35. The highest BCUT2D eigenvalue weighted by Gasteiger charge is 2.23. The molecule has 1 aliphatic rings. The molecule has 0 aromatic heterocycles. The maximum Gasteiger partial charge on any atom is 0.246 e. The van der Waals surface area contributed by atoms with Crippen LogP contribution >= 0.6 is 0 Å². The Kier molecular flexibility index (Phi) is 2.56. The number of carbonyl (C=O) groups is 2. The van der Waals surface area contributed by atoms with Crippen LogP contribution in [0, 0.1) is 11.3 Å².